The lowest BCUT2D eigenvalue weighted by molar-refractivity contribution is 0.101. The Labute approximate surface area is 215 Å². The van der Waals surface area contributed by atoms with Crippen molar-refractivity contribution in [1.82, 2.24) is 4.57 Å². The maximum Gasteiger partial charge on any atom is 0.297 e. The minimum absolute atomic E-state index is 0.0352. The highest BCUT2D eigenvalue weighted by atomic mass is 32.2. The van der Waals surface area contributed by atoms with Gasteiger partial charge in [-0.25, -0.2) is 4.39 Å². The van der Waals surface area contributed by atoms with Gasteiger partial charge in [-0.05, 0) is 36.4 Å². The van der Waals surface area contributed by atoms with E-state index in [9.17, 15) is 39.9 Å². The van der Waals surface area contributed by atoms with Crippen LogP contribution >= 0.6 is 0 Å². The number of amides is 2. The lowest BCUT2D eigenvalue weighted by Crippen LogP contribution is -2.17. The first-order chi connectivity index (χ1) is 17.7. The number of carbonyl (C=O) groups excluding carboxylic acids is 2. The largest absolute Gasteiger partial charge is 0.396 e. The molecule has 0 fully saturated rings. The number of nitrogen functional groups attached to an aromatic ring is 1. The van der Waals surface area contributed by atoms with Crippen molar-refractivity contribution in [2.45, 2.75) is 9.79 Å². The molecule has 15 heteroatoms. The van der Waals surface area contributed by atoms with Gasteiger partial charge in [0.1, 0.15) is 21.3 Å². The maximum atomic E-state index is 13.4. The summed E-state index contributed by atoms with van der Waals surface area (Å²) in [4.78, 5) is 24.1. The van der Waals surface area contributed by atoms with E-state index in [0.29, 0.717) is 0 Å². The Morgan fingerprint density at radius 3 is 2.24 bits per heavy atom. The van der Waals surface area contributed by atoms with E-state index in [4.69, 9.17) is 5.73 Å². The molecule has 38 heavy (non-hydrogen) atoms. The van der Waals surface area contributed by atoms with Gasteiger partial charge in [0.2, 0.25) is 0 Å². The molecule has 2 amide bonds. The zero-order valence-electron chi connectivity index (χ0n) is 19.3. The van der Waals surface area contributed by atoms with Crippen LogP contribution in [0.3, 0.4) is 0 Å². The van der Waals surface area contributed by atoms with E-state index in [0.717, 1.165) is 36.4 Å². The predicted molar refractivity (Wildman–Crippen MR) is 136 cm³/mol. The SMILES string of the molecule is Cn1cc(NC(=O)c2ccc(F)c(N)c2)cc1C(=O)Nc1ccc2c(S(=O)(=O)O)cccc2c1S(=O)(=O)O. The van der Waals surface area contributed by atoms with Crippen LogP contribution in [-0.2, 0) is 27.3 Å². The molecular weight excluding hydrogens is 543 g/mol. The predicted octanol–water partition coefficient (Wildman–Crippen LogP) is 2.90. The van der Waals surface area contributed by atoms with Gasteiger partial charge in [0, 0.05) is 29.6 Å². The van der Waals surface area contributed by atoms with Gasteiger partial charge in [-0.15, -0.1) is 0 Å². The number of nitrogens with two attached hydrogens (primary N) is 1. The van der Waals surface area contributed by atoms with Gasteiger partial charge in [0.05, 0.1) is 17.1 Å². The molecule has 0 aliphatic heterocycles. The Balaban J connectivity index is 1.68. The second-order valence-electron chi connectivity index (χ2n) is 8.11. The third kappa shape index (κ3) is 5.21. The number of fused-ring (bicyclic) bond motifs is 1. The van der Waals surface area contributed by atoms with Crippen molar-refractivity contribution >= 4 is 59.9 Å². The van der Waals surface area contributed by atoms with Gasteiger partial charge in [-0.1, -0.05) is 18.2 Å². The van der Waals surface area contributed by atoms with Crippen molar-refractivity contribution < 1.29 is 39.9 Å². The number of nitrogens with zero attached hydrogens (tertiary/aromatic N) is 1. The number of rotatable bonds is 6. The molecule has 198 valence electrons. The number of benzene rings is 3. The number of hydrogen-bond donors (Lipinski definition) is 5. The molecule has 0 radical (unpaired) electrons. The smallest absolute Gasteiger partial charge is 0.297 e. The topological polar surface area (TPSA) is 198 Å². The van der Waals surface area contributed by atoms with Crippen LogP contribution < -0.4 is 16.4 Å². The van der Waals surface area contributed by atoms with E-state index >= 15 is 0 Å². The Bertz CT molecular complexity index is 1850. The summed E-state index contributed by atoms with van der Waals surface area (Å²) in [7, 11) is -8.26. The molecule has 1 heterocycles. The normalized spacial score (nSPS) is 11.9. The van der Waals surface area contributed by atoms with Crippen molar-refractivity contribution in [3.8, 4) is 0 Å². The van der Waals surface area contributed by atoms with Crippen LogP contribution in [0.2, 0.25) is 0 Å². The molecule has 1 aromatic heterocycles. The summed E-state index contributed by atoms with van der Waals surface area (Å²) in [6.07, 6.45) is 1.39. The van der Waals surface area contributed by atoms with E-state index in [1.165, 1.54) is 36.0 Å². The fraction of sp³-hybridized carbons (Fsp3) is 0.0435. The van der Waals surface area contributed by atoms with Gasteiger partial charge in [-0.3, -0.25) is 18.7 Å². The summed E-state index contributed by atoms with van der Waals surface area (Å²) >= 11 is 0. The first kappa shape index (κ1) is 26.7. The summed E-state index contributed by atoms with van der Waals surface area (Å²) in [5.74, 6) is -2.16. The Hall–Kier alpha value is -4.31. The van der Waals surface area contributed by atoms with Crippen LogP contribution in [0.15, 0.2) is 70.6 Å². The van der Waals surface area contributed by atoms with Crippen LogP contribution in [0.5, 0.6) is 0 Å². The lowest BCUT2D eigenvalue weighted by Gasteiger charge is -2.13. The zero-order valence-corrected chi connectivity index (χ0v) is 21.0. The molecule has 0 saturated heterocycles. The van der Waals surface area contributed by atoms with Gasteiger partial charge in [0.25, 0.3) is 32.1 Å². The molecule has 0 unspecified atom stereocenters. The van der Waals surface area contributed by atoms with Crippen molar-refractivity contribution in [2.75, 3.05) is 16.4 Å². The van der Waals surface area contributed by atoms with Crippen LogP contribution in [-0.4, -0.2) is 42.3 Å². The van der Waals surface area contributed by atoms with Gasteiger partial charge >= 0.3 is 0 Å². The molecule has 12 nitrogen and oxygen atoms in total. The number of hydrogen-bond acceptors (Lipinski definition) is 7. The molecule has 0 bridgehead atoms. The first-order valence-electron chi connectivity index (χ1n) is 10.5. The Morgan fingerprint density at radius 2 is 1.61 bits per heavy atom. The summed E-state index contributed by atoms with van der Waals surface area (Å²) in [6, 6.07) is 10.3. The Kier molecular flexibility index (Phi) is 6.71. The fourth-order valence-electron chi connectivity index (χ4n) is 3.84. The zero-order chi connectivity index (χ0) is 28.0. The molecule has 4 aromatic rings. The van der Waals surface area contributed by atoms with E-state index < -0.39 is 47.7 Å². The fourth-order valence-corrected chi connectivity index (χ4v) is 5.40. The number of halogens is 1. The molecule has 3 aromatic carbocycles. The third-order valence-electron chi connectivity index (χ3n) is 5.51. The van der Waals surface area contributed by atoms with E-state index in [2.05, 4.69) is 10.6 Å². The summed E-state index contributed by atoms with van der Waals surface area (Å²) in [5.41, 5.74) is 5.10. The highest BCUT2D eigenvalue weighted by Crippen LogP contribution is 2.34. The average Bonchev–Trinajstić information content (AvgIpc) is 3.18. The van der Waals surface area contributed by atoms with E-state index in [1.54, 1.807) is 0 Å². The van der Waals surface area contributed by atoms with Gasteiger partial charge in [0.15, 0.2) is 0 Å². The summed E-state index contributed by atoms with van der Waals surface area (Å²) < 4.78 is 81.9. The maximum absolute atomic E-state index is 13.4. The van der Waals surface area contributed by atoms with Crippen LogP contribution in [0.1, 0.15) is 20.8 Å². The second-order valence-corrected chi connectivity index (χ2v) is 10.9. The molecule has 0 aliphatic rings. The van der Waals surface area contributed by atoms with Crippen molar-refractivity contribution in [2.24, 2.45) is 7.05 Å². The lowest BCUT2D eigenvalue weighted by atomic mass is 10.1. The standard InChI is InChI=1S/C23H19FN4O8S2/c1-28-11-13(26-22(29)12-5-7-16(24)17(25)9-12)10-19(28)23(30)27-18-8-6-14-15(21(18)38(34,35)36)3-2-4-20(14)37(31,32)33/h2-11H,25H2,1H3,(H,26,29)(H,27,30)(H,31,32,33)(H,34,35,36). The van der Waals surface area contributed by atoms with Crippen molar-refractivity contribution in [3.05, 3.63) is 77.9 Å². The molecule has 0 saturated carbocycles. The molecule has 0 spiro atoms. The van der Waals surface area contributed by atoms with Crippen molar-refractivity contribution in [3.63, 3.8) is 0 Å². The number of aryl methyl sites for hydroxylation is 1. The highest BCUT2D eigenvalue weighted by molar-refractivity contribution is 7.86. The number of anilines is 3. The van der Waals surface area contributed by atoms with E-state index in [1.807, 2.05) is 0 Å². The number of carbonyl (C=O) groups is 2. The molecular formula is C23H19FN4O8S2. The molecule has 4 rings (SSSR count). The summed E-state index contributed by atoms with van der Waals surface area (Å²) in [6.45, 7) is 0. The molecule has 6 N–H and O–H groups in total. The van der Waals surface area contributed by atoms with Crippen LogP contribution in [0, 0.1) is 5.82 Å². The minimum Gasteiger partial charge on any atom is -0.396 e. The first-order valence-corrected chi connectivity index (χ1v) is 13.4. The summed E-state index contributed by atoms with van der Waals surface area (Å²) in [5, 5.41) is 4.42. The highest BCUT2D eigenvalue weighted by Gasteiger charge is 2.25. The monoisotopic (exact) mass is 562 g/mol. The van der Waals surface area contributed by atoms with Gasteiger partial charge < -0.3 is 20.9 Å². The minimum atomic E-state index is -5.00. The number of aromatic nitrogens is 1. The number of nitrogens with one attached hydrogen (secondary N) is 2. The van der Waals surface area contributed by atoms with E-state index in [-0.39, 0.29) is 39.1 Å². The third-order valence-corrected chi connectivity index (χ3v) is 7.38. The van der Waals surface area contributed by atoms with Crippen LogP contribution in [0.4, 0.5) is 21.5 Å². The molecule has 0 aliphatic carbocycles. The van der Waals surface area contributed by atoms with Gasteiger partial charge in [-0.2, -0.15) is 16.8 Å². The average molecular weight is 563 g/mol. The second kappa shape index (κ2) is 9.53. The molecule has 0 atom stereocenters. The Morgan fingerprint density at radius 1 is 0.895 bits per heavy atom. The quantitative estimate of drug-likeness (QED) is 0.173. The van der Waals surface area contributed by atoms with Crippen LogP contribution in [0.25, 0.3) is 10.8 Å². The van der Waals surface area contributed by atoms with Crippen molar-refractivity contribution in [1.29, 1.82) is 0 Å².